The van der Waals surface area contributed by atoms with Crippen molar-refractivity contribution in [3.63, 3.8) is 0 Å². The summed E-state index contributed by atoms with van der Waals surface area (Å²) in [5, 5.41) is 2.80. The molecule has 0 unspecified atom stereocenters. The van der Waals surface area contributed by atoms with Gasteiger partial charge in [0.1, 0.15) is 0 Å². The SMILES string of the molecule is COC[C@H](C)NS(=O)(=O)c1ccc(NC(=O)[C@@H]2C[C@@H]2C)cc1. The number of sulfonamides is 1. The summed E-state index contributed by atoms with van der Waals surface area (Å²) in [4.78, 5) is 12.0. The highest BCUT2D eigenvalue weighted by molar-refractivity contribution is 7.89. The first-order chi connectivity index (χ1) is 10.3. The fraction of sp³-hybridized carbons (Fsp3) is 0.533. The molecule has 0 radical (unpaired) electrons. The Morgan fingerprint density at radius 1 is 1.36 bits per heavy atom. The number of rotatable bonds is 7. The Hall–Kier alpha value is -1.44. The Morgan fingerprint density at radius 2 is 1.95 bits per heavy atom. The van der Waals surface area contributed by atoms with Crippen molar-refractivity contribution < 1.29 is 17.9 Å². The number of anilines is 1. The second-order valence-corrected chi connectivity index (χ2v) is 7.52. The van der Waals surface area contributed by atoms with Crippen LogP contribution in [0.3, 0.4) is 0 Å². The second-order valence-electron chi connectivity index (χ2n) is 5.81. The highest BCUT2D eigenvalue weighted by Crippen LogP contribution is 2.38. The van der Waals surface area contributed by atoms with Crippen LogP contribution in [0.5, 0.6) is 0 Å². The smallest absolute Gasteiger partial charge is 0.240 e. The lowest BCUT2D eigenvalue weighted by atomic mass is 10.3. The number of hydrogen-bond acceptors (Lipinski definition) is 4. The molecule has 122 valence electrons. The zero-order chi connectivity index (χ0) is 16.3. The molecule has 2 rings (SSSR count). The molecule has 7 heteroatoms. The molecule has 6 nitrogen and oxygen atoms in total. The number of hydrogen-bond donors (Lipinski definition) is 2. The quantitative estimate of drug-likeness (QED) is 0.797. The van der Waals surface area contributed by atoms with E-state index in [1.165, 1.54) is 19.2 Å². The standard InChI is InChI=1S/C15H22N2O4S/c1-10-8-14(10)15(18)16-12-4-6-13(7-5-12)22(19,20)17-11(2)9-21-3/h4-7,10-11,14,17H,8-9H2,1-3H3,(H,16,18)/t10-,11-,14+/m0/s1. The zero-order valence-electron chi connectivity index (χ0n) is 13.0. The minimum atomic E-state index is -3.58. The van der Waals surface area contributed by atoms with Gasteiger partial charge in [-0.1, -0.05) is 6.92 Å². The Labute approximate surface area is 131 Å². The van der Waals surface area contributed by atoms with Crippen LogP contribution in [0.2, 0.25) is 0 Å². The lowest BCUT2D eigenvalue weighted by molar-refractivity contribution is -0.117. The number of nitrogens with one attached hydrogen (secondary N) is 2. The topological polar surface area (TPSA) is 84.5 Å². The maximum atomic E-state index is 12.2. The molecule has 22 heavy (non-hydrogen) atoms. The van der Waals surface area contributed by atoms with Crippen molar-refractivity contribution in [1.82, 2.24) is 4.72 Å². The van der Waals surface area contributed by atoms with Crippen LogP contribution in [0.4, 0.5) is 5.69 Å². The molecule has 0 heterocycles. The fourth-order valence-electron chi connectivity index (χ4n) is 2.26. The van der Waals surface area contributed by atoms with Gasteiger partial charge in [0.2, 0.25) is 15.9 Å². The average Bonchev–Trinajstić information content (AvgIpc) is 3.16. The Kier molecular flexibility index (Phi) is 5.20. The summed E-state index contributed by atoms with van der Waals surface area (Å²) in [6.07, 6.45) is 0.916. The first-order valence-electron chi connectivity index (χ1n) is 7.25. The molecule has 1 aromatic rings. The van der Waals surface area contributed by atoms with Crippen LogP contribution >= 0.6 is 0 Å². The van der Waals surface area contributed by atoms with Crippen LogP contribution in [0.25, 0.3) is 0 Å². The molecule has 0 spiro atoms. The van der Waals surface area contributed by atoms with E-state index in [1.54, 1.807) is 19.1 Å². The third kappa shape index (κ3) is 4.28. The van der Waals surface area contributed by atoms with E-state index in [4.69, 9.17) is 4.74 Å². The molecule has 3 atom stereocenters. The van der Waals surface area contributed by atoms with Crippen molar-refractivity contribution in [3.05, 3.63) is 24.3 Å². The summed E-state index contributed by atoms with van der Waals surface area (Å²) in [6, 6.07) is 5.84. The number of carbonyl (C=O) groups is 1. The van der Waals surface area contributed by atoms with E-state index in [-0.39, 0.29) is 22.8 Å². The highest BCUT2D eigenvalue weighted by Gasteiger charge is 2.39. The molecule has 2 N–H and O–H groups in total. The molecule has 1 saturated carbocycles. The maximum Gasteiger partial charge on any atom is 0.240 e. The summed E-state index contributed by atoms with van der Waals surface area (Å²) in [5.41, 5.74) is 0.605. The number of benzene rings is 1. The van der Waals surface area contributed by atoms with Gasteiger partial charge in [-0.2, -0.15) is 0 Å². The van der Waals surface area contributed by atoms with Gasteiger partial charge in [-0.3, -0.25) is 4.79 Å². The lowest BCUT2D eigenvalue weighted by Gasteiger charge is -2.13. The number of carbonyl (C=O) groups excluding carboxylic acids is 1. The first kappa shape index (κ1) is 16.9. The molecule has 1 aromatic carbocycles. The second kappa shape index (κ2) is 6.76. The number of amides is 1. The molecular weight excluding hydrogens is 304 g/mol. The van der Waals surface area contributed by atoms with Crippen LogP contribution < -0.4 is 10.0 Å². The van der Waals surface area contributed by atoms with E-state index in [9.17, 15) is 13.2 Å². The van der Waals surface area contributed by atoms with Crippen molar-refractivity contribution in [1.29, 1.82) is 0 Å². The van der Waals surface area contributed by atoms with E-state index in [2.05, 4.69) is 10.0 Å². The van der Waals surface area contributed by atoms with Gasteiger partial charge in [0.15, 0.2) is 0 Å². The van der Waals surface area contributed by atoms with Gasteiger partial charge in [-0.15, -0.1) is 0 Å². The van der Waals surface area contributed by atoms with Gasteiger partial charge in [-0.25, -0.2) is 13.1 Å². The summed E-state index contributed by atoms with van der Waals surface area (Å²) in [5.74, 6) is 0.515. The molecule has 1 fully saturated rings. The van der Waals surface area contributed by atoms with Crippen molar-refractivity contribution in [2.75, 3.05) is 19.0 Å². The van der Waals surface area contributed by atoms with Crippen molar-refractivity contribution >= 4 is 21.6 Å². The minimum absolute atomic E-state index is 0.00468. The average molecular weight is 326 g/mol. The normalized spacial score (nSPS) is 22.1. The van der Waals surface area contributed by atoms with Crippen molar-refractivity contribution in [2.24, 2.45) is 11.8 Å². The number of ether oxygens (including phenoxy) is 1. The largest absolute Gasteiger partial charge is 0.383 e. The van der Waals surface area contributed by atoms with Crippen molar-refractivity contribution in [3.8, 4) is 0 Å². The first-order valence-corrected chi connectivity index (χ1v) is 8.74. The molecule has 1 aliphatic rings. The molecule has 0 saturated heterocycles. The van der Waals surface area contributed by atoms with E-state index in [0.717, 1.165) is 6.42 Å². The van der Waals surface area contributed by atoms with E-state index >= 15 is 0 Å². The molecular formula is C15H22N2O4S. The Bertz CT molecular complexity index is 627. The lowest BCUT2D eigenvalue weighted by Crippen LogP contribution is -2.35. The maximum absolute atomic E-state index is 12.2. The van der Waals surface area contributed by atoms with Gasteiger partial charge in [0.25, 0.3) is 0 Å². The monoisotopic (exact) mass is 326 g/mol. The van der Waals surface area contributed by atoms with Gasteiger partial charge in [0.05, 0.1) is 11.5 Å². The van der Waals surface area contributed by atoms with Crippen LogP contribution in [0.1, 0.15) is 20.3 Å². The third-order valence-electron chi connectivity index (χ3n) is 3.65. The molecule has 0 bridgehead atoms. The van der Waals surface area contributed by atoms with Crippen LogP contribution in [0.15, 0.2) is 29.2 Å². The minimum Gasteiger partial charge on any atom is -0.383 e. The van der Waals surface area contributed by atoms with Crippen LogP contribution in [-0.2, 0) is 19.6 Å². The Morgan fingerprint density at radius 3 is 2.45 bits per heavy atom. The predicted octanol–water partition coefficient (Wildman–Crippen LogP) is 1.59. The molecule has 1 aliphatic carbocycles. The summed E-state index contributed by atoms with van der Waals surface area (Å²) in [7, 11) is -2.07. The van der Waals surface area contributed by atoms with Crippen LogP contribution in [-0.4, -0.2) is 34.1 Å². The van der Waals surface area contributed by atoms with E-state index < -0.39 is 10.0 Å². The van der Waals surface area contributed by atoms with Gasteiger partial charge < -0.3 is 10.1 Å². The van der Waals surface area contributed by atoms with Gasteiger partial charge >= 0.3 is 0 Å². The summed E-state index contributed by atoms with van der Waals surface area (Å²) < 4.78 is 31.8. The van der Waals surface area contributed by atoms with E-state index in [0.29, 0.717) is 18.2 Å². The third-order valence-corrected chi connectivity index (χ3v) is 5.26. The predicted molar refractivity (Wildman–Crippen MR) is 84.0 cm³/mol. The highest BCUT2D eigenvalue weighted by atomic mass is 32.2. The van der Waals surface area contributed by atoms with Gasteiger partial charge in [0, 0.05) is 24.8 Å². The molecule has 1 amide bonds. The Balaban J connectivity index is 2.00. The fourth-order valence-corrected chi connectivity index (χ4v) is 3.48. The summed E-state index contributed by atoms with van der Waals surface area (Å²) in [6.45, 7) is 4.06. The van der Waals surface area contributed by atoms with Crippen molar-refractivity contribution in [2.45, 2.75) is 31.2 Å². The zero-order valence-corrected chi connectivity index (χ0v) is 13.8. The van der Waals surface area contributed by atoms with Crippen LogP contribution in [0, 0.1) is 11.8 Å². The number of methoxy groups -OCH3 is 1. The molecule has 0 aliphatic heterocycles. The summed E-state index contributed by atoms with van der Waals surface area (Å²) >= 11 is 0. The van der Waals surface area contributed by atoms with Gasteiger partial charge in [-0.05, 0) is 43.5 Å². The molecule has 0 aromatic heterocycles. The van der Waals surface area contributed by atoms with E-state index in [1.807, 2.05) is 6.92 Å².